The summed E-state index contributed by atoms with van der Waals surface area (Å²) < 4.78 is 4.96. The zero-order chi connectivity index (χ0) is 16.7. The Bertz CT molecular complexity index is 919. The number of hydrogen-bond acceptors (Lipinski definition) is 3. The van der Waals surface area contributed by atoms with E-state index in [1.807, 2.05) is 42.5 Å². The molecule has 2 aromatic carbocycles. The highest BCUT2D eigenvalue weighted by Gasteiger charge is 2.35. The monoisotopic (exact) mass is 340 g/mol. The van der Waals surface area contributed by atoms with Gasteiger partial charge in [0.25, 0.3) is 0 Å². The number of hydrogen-bond donors (Lipinski definition) is 2. The molecule has 0 aliphatic carbocycles. The van der Waals surface area contributed by atoms with Crippen LogP contribution >= 0.6 is 11.6 Å². The number of H-pyrrole nitrogens is 1. The van der Waals surface area contributed by atoms with Crippen molar-refractivity contribution in [2.75, 3.05) is 7.11 Å². The van der Waals surface area contributed by atoms with Gasteiger partial charge in [0.2, 0.25) is 0 Å². The zero-order valence-corrected chi connectivity index (χ0v) is 13.9. The van der Waals surface area contributed by atoms with E-state index in [-0.39, 0.29) is 12.0 Å². The van der Waals surface area contributed by atoms with Crippen LogP contribution in [0.15, 0.2) is 48.5 Å². The minimum Gasteiger partial charge on any atom is -0.468 e. The van der Waals surface area contributed by atoms with E-state index < -0.39 is 6.04 Å². The molecule has 0 radical (unpaired) electrons. The standard InChI is InChI=1S/C19H17ClN2O2/c1-24-19(23)16-10-13-11-6-3-5-9-15(11)21-18(13)17(22-16)12-7-2-4-8-14(12)20/h2-9,16-17,21-22H,10H2,1H3/t16-,17?/m1/s1. The van der Waals surface area contributed by atoms with Crippen molar-refractivity contribution in [3.05, 3.63) is 70.4 Å². The van der Waals surface area contributed by atoms with Crippen LogP contribution in [0.3, 0.4) is 0 Å². The fourth-order valence-electron chi connectivity index (χ4n) is 3.48. The third-order valence-corrected chi connectivity index (χ3v) is 4.96. The molecule has 0 spiro atoms. The van der Waals surface area contributed by atoms with E-state index in [9.17, 15) is 4.79 Å². The molecule has 1 unspecified atom stereocenters. The molecule has 5 heteroatoms. The van der Waals surface area contributed by atoms with Gasteiger partial charge in [-0.15, -0.1) is 0 Å². The summed E-state index contributed by atoms with van der Waals surface area (Å²) in [5.41, 5.74) is 4.21. The fraction of sp³-hybridized carbons (Fsp3) is 0.211. The Kier molecular flexibility index (Phi) is 3.79. The van der Waals surface area contributed by atoms with Crippen LogP contribution in [-0.4, -0.2) is 24.1 Å². The topological polar surface area (TPSA) is 54.1 Å². The highest BCUT2D eigenvalue weighted by molar-refractivity contribution is 6.31. The second-order valence-electron chi connectivity index (χ2n) is 5.96. The summed E-state index contributed by atoms with van der Waals surface area (Å²) in [5.74, 6) is -0.261. The van der Waals surface area contributed by atoms with E-state index in [4.69, 9.17) is 16.3 Å². The maximum absolute atomic E-state index is 12.2. The summed E-state index contributed by atoms with van der Waals surface area (Å²) in [6.07, 6.45) is 0.590. The first-order chi connectivity index (χ1) is 11.7. The van der Waals surface area contributed by atoms with Gasteiger partial charge in [-0.3, -0.25) is 10.1 Å². The average Bonchev–Trinajstić information content (AvgIpc) is 2.99. The molecule has 0 saturated heterocycles. The number of esters is 1. The maximum Gasteiger partial charge on any atom is 0.323 e. The van der Waals surface area contributed by atoms with E-state index in [1.54, 1.807) is 0 Å². The third-order valence-electron chi connectivity index (χ3n) is 4.61. The van der Waals surface area contributed by atoms with Crippen LogP contribution < -0.4 is 5.32 Å². The van der Waals surface area contributed by atoms with E-state index in [0.717, 1.165) is 27.7 Å². The lowest BCUT2D eigenvalue weighted by Gasteiger charge is -2.30. The smallest absolute Gasteiger partial charge is 0.323 e. The normalized spacial score (nSPS) is 19.9. The van der Waals surface area contributed by atoms with E-state index in [1.165, 1.54) is 7.11 Å². The fourth-order valence-corrected chi connectivity index (χ4v) is 3.73. The van der Waals surface area contributed by atoms with Gasteiger partial charge in [0.15, 0.2) is 0 Å². The molecular weight excluding hydrogens is 324 g/mol. The molecule has 2 heterocycles. The Morgan fingerprint density at radius 2 is 1.92 bits per heavy atom. The number of benzene rings is 2. The molecule has 4 rings (SSSR count). The average molecular weight is 341 g/mol. The summed E-state index contributed by atoms with van der Waals surface area (Å²) in [5, 5.41) is 5.20. The number of aromatic nitrogens is 1. The molecule has 122 valence electrons. The molecule has 3 aromatic rings. The van der Waals surface area contributed by atoms with Gasteiger partial charge in [0, 0.05) is 28.0 Å². The van der Waals surface area contributed by atoms with E-state index in [0.29, 0.717) is 11.4 Å². The first-order valence-corrected chi connectivity index (χ1v) is 8.24. The van der Waals surface area contributed by atoms with Gasteiger partial charge >= 0.3 is 5.97 Å². The number of para-hydroxylation sites is 1. The number of methoxy groups -OCH3 is 1. The van der Waals surface area contributed by atoms with Crippen molar-refractivity contribution in [2.45, 2.75) is 18.5 Å². The number of carbonyl (C=O) groups excluding carboxylic acids is 1. The lowest BCUT2D eigenvalue weighted by molar-refractivity contribution is -0.143. The Morgan fingerprint density at radius 3 is 2.71 bits per heavy atom. The second kappa shape index (κ2) is 5.96. The van der Waals surface area contributed by atoms with Gasteiger partial charge in [-0.05, 0) is 23.3 Å². The number of ether oxygens (including phenoxy) is 1. The lowest BCUT2D eigenvalue weighted by Crippen LogP contribution is -2.45. The van der Waals surface area contributed by atoms with Crippen LogP contribution in [0, 0.1) is 0 Å². The molecule has 0 amide bonds. The third kappa shape index (κ3) is 2.39. The van der Waals surface area contributed by atoms with Gasteiger partial charge in [-0.1, -0.05) is 48.0 Å². The maximum atomic E-state index is 12.2. The van der Waals surface area contributed by atoms with Crippen LogP contribution in [0.25, 0.3) is 10.9 Å². The summed E-state index contributed by atoms with van der Waals surface area (Å²) in [6.45, 7) is 0. The van der Waals surface area contributed by atoms with Crippen molar-refractivity contribution >= 4 is 28.5 Å². The van der Waals surface area contributed by atoms with Crippen molar-refractivity contribution in [3.8, 4) is 0 Å². The molecule has 0 saturated carbocycles. The molecule has 24 heavy (non-hydrogen) atoms. The number of fused-ring (bicyclic) bond motifs is 3. The first kappa shape index (κ1) is 15.2. The van der Waals surface area contributed by atoms with Crippen molar-refractivity contribution in [3.63, 3.8) is 0 Å². The van der Waals surface area contributed by atoms with Gasteiger partial charge in [0.1, 0.15) is 6.04 Å². The number of aromatic amines is 1. The summed E-state index contributed by atoms with van der Waals surface area (Å²) in [6, 6.07) is 15.2. The minimum atomic E-state index is -0.400. The lowest BCUT2D eigenvalue weighted by atomic mass is 9.90. The van der Waals surface area contributed by atoms with Crippen LogP contribution in [0.2, 0.25) is 5.02 Å². The van der Waals surface area contributed by atoms with Gasteiger partial charge in [-0.25, -0.2) is 0 Å². The largest absolute Gasteiger partial charge is 0.468 e. The van der Waals surface area contributed by atoms with Crippen LogP contribution in [0.1, 0.15) is 22.9 Å². The molecule has 1 aliphatic rings. The Hall–Kier alpha value is -2.30. The number of halogens is 1. The molecule has 0 fully saturated rings. The molecule has 0 bridgehead atoms. The Labute approximate surface area is 144 Å². The van der Waals surface area contributed by atoms with E-state index >= 15 is 0 Å². The van der Waals surface area contributed by atoms with E-state index in [2.05, 4.69) is 16.4 Å². The molecular formula is C19H17ClN2O2. The predicted octanol–water partition coefficient (Wildman–Crippen LogP) is 3.60. The van der Waals surface area contributed by atoms with Crippen molar-refractivity contribution in [1.82, 2.24) is 10.3 Å². The summed E-state index contributed by atoms with van der Waals surface area (Å²) >= 11 is 6.41. The molecule has 4 nitrogen and oxygen atoms in total. The first-order valence-electron chi connectivity index (χ1n) is 7.87. The van der Waals surface area contributed by atoms with Crippen molar-refractivity contribution in [1.29, 1.82) is 0 Å². The Balaban J connectivity index is 1.90. The van der Waals surface area contributed by atoms with Crippen LogP contribution in [0.5, 0.6) is 0 Å². The highest BCUT2D eigenvalue weighted by atomic mass is 35.5. The molecule has 2 atom stereocenters. The van der Waals surface area contributed by atoms with Crippen LogP contribution in [0.4, 0.5) is 0 Å². The molecule has 2 N–H and O–H groups in total. The van der Waals surface area contributed by atoms with Crippen molar-refractivity contribution in [2.24, 2.45) is 0 Å². The van der Waals surface area contributed by atoms with Crippen molar-refractivity contribution < 1.29 is 9.53 Å². The van der Waals surface area contributed by atoms with Crippen LogP contribution in [-0.2, 0) is 16.0 Å². The number of rotatable bonds is 2. The molecule has 1 aliphatic heterocycles. The van der Waals surface area contributed by atoms with Gasteiger partial charge in [-0.2, -0.15) is 0 Å². The summed E-state index contributed by atoms with van der Waals surface area (Å²) in [4.78, 5) is 15.7. The highest BCUT2D eigenvalue weighted by Crippen LogP contribution is 2.37. The predicted molar refractivity (Wildman–Crippen MR) is 94.2 cm³/mol. The SMILES string of the molecule is COC(=O)[C@H]1Cc2c([nH]c3ccccc23)C(c2ccccc2Cl)N1. The van der Waals surface area contributed by atoms with Gasteiger partial charge < -0.3 is 9.72 Å². The minimum absolute atomic E-state index is 0.182. The summed E-state index contributed by atoms with van der Waals surface area (Å²) in [7, 11) is 1.42. The second-order valence-corrected chi connectivity index (χ2v) is 6.37. The quantitative estimate of drug-likeness (QED) is 0.701. The number of carbonyl (C=O) groups is 1. The zero-order valence-electron chi connectivity index (χ0n) is 13.2. The number of nitrogens with one attached hydrogen (secondary N) is 2. The van der Waals surface area contributed by atoms with Gasteiger partial charge in [0.05, 0.1) is 13.2 Å². The molecule has 1 aromatic heterocycles. The Morgan fingerprint density at radius 1 is 1.17 bits per heavy atom.